The van der Waals surface area contributed by atoms with E-state index in [1.54, 1.807) is 0 Å². The molecule has 4 N–H and O–H groups in total. The topological polar surface area (TPSA) is 134 Å². The fraction of sp³-hybridized carbons (Fsp3) is 0.641. The summed E-state index contributed by atoms with van der Waals surface area (Å²) in [4.78, 5) is 26.2. The third-order valence-electron chi connectivity index (χ3n) is 9.17. The van der Waals surface area contributed by atoms with E-state index in [0.717, 1.165) is 25.3 Å². The maximum Gasteiger partial charge on any atom is 0.306 e. The van der Waals surface area contributed by atoms with Gasteiger partial charge in [0, 0.05) is 24.1 Å². The summed E-state index contributed by atoms with van der Waals surface area (Å²) in [6.45, 7) is 2.27. The molecule has 262 valence electrons. The molecule has 2 aromatic carbocycles. The second-order valence-corrected chi connectivity index (χ2v) is 13.2. The van der Waals surface area contributed by atoms with E-state index in [2.05, 4.69) is 6.92 Å². The summed E-state index contributed by atoms with van der Waals surface area (Å²) in [6, 6.07) is 6.12. The van der Waals surface area contributed by atoms with Crippen LogP contribution in [-0.2, 0) is 9.53 Å². The number of unbranched alkanes of at least 4 members (excludes halogenated alkanes) is 20. The van der Waals surface area contributed by atoms with Crippen LogP contribution in [0.4, 0.5) is 0 Å². The van der Waals surface area contributed by atoms with Gasteiger partial charge in [0.25, 0.3) is 0 Å². The lowest BCUT2D eigenvalue weighted by Crippen LogP contribution is -2.40. The van der Waals surface area contributed by atoms with Gasteiger partial charge in [-0.2, -0.15) is 0 Å². The third-order valence-corrected chi connectivity index (χ3v) is 9.17. The van der Waals surface area contributed by atoms with Gasteiger partial charge < -0.3 is 29.9 Å². The van der Waals surface area contributed by atoms with Gasteiger partial charge in [-0.15, -0.1) is 0 Å². The van der Waals surface area contributed by atoms with Gasteiger partial charge in [0.15, 0.2) is 17.6 Å². The van der Waals surface area contributed by atoms with E-state index in [-0.39, 0.29) is 34.8 Å². The van der Waals surface area contributed by atoms with Gasteiger partial charge in [0.05, 0.1) is 0 Å². The number of fused-ring (bicyclic) bond motifs is 1. The number of ether oxygens (including phenoxy) is 2. The molecule has 1 aliphatic heterocycles. The first kappa shape index (κ1) is 38.0. The zero-order valence-electron chi connectivity index (χ0n) is 28.5. The molecule has 0 unspecified atom stereocenters. The molecule has 8 heteroatoms. The van der Waals surface area contributed by atoms with Crippen LogP contribution in [-0.4, -0.2) is 38.3 Å². The molecule has 0 radical (unpaired) electrons. The first-order valence-corrected chi connectivity index (χ1v) is 18.3. The maximum absolute atomic E-state index is 13.4. The number of aromatic hydroxyl groups is 4. The van der Waals surface area contributed by atoms with E-state index < -0.39 is 35.5 Å². The van der Waals surface area contributed by atoms with E-state index in [9.17, 15) is 30.0 Å². The van der Waals surface area contributed by atoms with E-state index in [1.807, 2.05) is 0 Å². The SMILES string of the molecule is CCCCCCCCCCCCCCCCCCCCCCCC(=O)O[C@H]1C(=O)c2c(O)cc(O)cc2O[C@@H]1c1ccc(O)c(O)c1. The zero-order valence-corrected chi connectivity index (χ0v) is 28.5. The first-order chi connectivity index (χ1) is 22.8. The summed E-state index contributed by atoms with van der Waals surface area (Å²) in [5.41, 5.74) is 0.1000. The van der Waals surface area contributed by atoms with Crippen LogP contribution in [0.3, 0.4) is 0 Å². The molecule has 47 heavy (non-hydrogen) atoms. The number of hydrogen-bond donors (Lipinski definition) is 4. The van der Waals surface area contributed by atoms with Crippen molar-refractivity contribution in [1.82, 2.24) is 0 Å². The third kappa shape index (κ3) is 13.3. The lowest BCUT2D eigenvalue weighted by atomic mass is 9.92. The summed E-state index contributed by atoms with van der Waals surface area (Å²) >= 11 is 0. The fourth-order valence-corrected chi connectivity index (χ4v) is 6.38. The Kier molecular flexibility index (Phi) is 17.4. The number of phenols is 4. The quantitative estimate of drug-likeness (QED) is 0.0499. The van der Waals surface area contributed by atoms with Gasteiger partial charge in [-0.25, -0.2) is 0 Å². The second kappa shape index (κ2) is 21.5. The Morgan fingerprint density at radius 3 is 1.62 bits per heavy atom. The Morgan fingerprint density at radius 1 is 0.638 bits per heavy atom. The Hall–Kier alpha value is -3.42. The van der Waals surface area contributed by atoms with Crippen LogP contribution in [0.2, 0.25) is 0 Å². The van der Waals surface area contributed by atoms with Crippen molar-refractivity contribution in [3.63, 3.8) is 0 Å². The number of carbonyl (C=O) groups excluding carboxylic acids is 2. The van der Waals surface area contributed by atoms with Crippen LogP contribution in [0.5, 0.6) is 28.7 Å². The number of esters is 1. The molecule has 0 saturated carbocycles. The molecule has 0 bridgehead atoms. The van der Waals surface area contributed by atoms with Crippen molar-refractivity contribution in [2.75, 3.05) is 0 Å². The highest BCUT2D eigenvalue weighted by molar-refractivity contribution is 6.06. The molecule has 8 nitrogen and oxygen atoms in total. The Labute approximate surface area is 281 Å². The monoisotopic (exact) mass is 654 g/mol. The van der Waals surface area contributed by atoms with Crippen molar-refractivity contribution in [1.29, 1.82) is 0 Å². The summed E-state index contributed by atoms with van der Waals surface area (Å²) in [5.74, 6) is -2.86. The molecule has 0 saturated heterocycles. The summed E-state index contributed by atoms with van der Waals surface area (Å²) in [7, 11) is 0. The molecule has 3 rings (SSSR count). The molecule has 1 aliphatic rings. The largest absolute Gasteiger partial charge is 0.508 e. The molecule has 0 aromatic heterocycles. The number of rotatable bonds is 24. The Balaban J connectivity index is 1.25. The van der Waals surface area contributed by atoms with Gasteiger partial charge >= 0.3 is 5.97 Å². The maximum atomic E-state index is 13.4. The number of hydrogen-bond acceptors (Lipinski definition) is 8. The minimum atomic E-state index is -1.41. The lowest BCUT2D eigenvalue weighted by molar-refractivity contribution is -0.151. The van der Waals surface area contributed by atoms with Crippen molar-refractivity contribution < 1.29 is 39.5 Å². The molecule has 0 amide bonds. The normalized spacial score (nSPS) is 15.7. The van der Waals surface area contributed by atoms with Crippen LogP contribution < -0.4 is 4.74 Å². The highest BCUT2D eigenvalue weighted by Crippen LogP contribution is 2.44. The summed E-state index contributed by atoms with van der Waals surface area (Å²) in [5, 5.41) is 39.9. The number of carbonyl (C=O) groups is 2. The number of phenolic OH excluding ortho intramolecular Hbond substituents is 4. The fourth-order valence-electron chi connectivity index (χ4n) is 6.38. The van der Waals surface area contributed by atoms with Crippen molar-refractivity contribution in [2.24, 2.45) is 0 Å². The van der Waals surface area contributed by atoms with E-state index in [4.69, 9.17) is 9.47 Å². The van der Waals surface area contributed by atoms with E-state index in [0.29, 0.717) is 6.42 Å². The Morgan fingerprint density at radius 2 is 1.13 bits per heavy atom. The van der Waals surface area contributed by atoms with Crippen molar-refractivity contribution in [3.05, 3.63) is 41.5 Å². The lowest BCUT2D eigenvalue weighted by Gasteiger charge is -2.32. The summed E-state index contributed by atoms with van der Waals surface area (Å²) < 4.78 is 11.5. The first-order valence-electron chi connectivity index (χ1n) is 18.3. The molecular formula is C39H58O8. The smallest absolute Gasteiger partial charge is 0.306 e. The van der Waals surface area contributed by atoms with Crippen LogP contribution in [0.15, 0.2) is 30.3 Å². The highest BCUT2D eigenvalue weighted by atomic mass is 16.6. The van der Waals surface area contributed by atoms with Crippen LogP contribution in [0.25, 0.3) is 0 Å². The number of Topliss-reactive ketones (excluding diaryl/α,β-unsaturated/α-hetero) is 1. The molecule has 0 aliphatic carbocycles. The standard InChI is InChI=1S/C39H58O8/c1-2-3-4-5-6-7-8-9-10-11-12-13-14-15-16-17-18-19-20-21-22-23-35(44)47-39-37(45)36-33(43)27-30(40)28-34(36)46-38(39)29-24-25-31(41)32(42)26-29/h24-28,38-43H,2-23H2,1H3/t38-,39+/m1/s1. The van der Waals surface area contributed by atoms with Crippen molar-refractivity contribution in [3.8, 4) is 28.7 Å². The van der Waals surface area contributed by atoms with Gasteiger partial charge in [0.2, 0.25) is 11.9 Å². The predicted molar refractivity (Wildman–Crippen MR) is 184 cm³/mol. The van der Waals surface area contributed by atoms with Gasteiger partial charge in [-0.3, -0.25) is 9.59 Å². The van der Waals surface area contributed by atoms with Crippen LogP contribution in [0.1, 0.15) is 170 Å². The van der Waals surface area contributed by atoms with Gasteiger partial charge in [-0.05, 0) is 18.6 Å². The molecule has 1 heterocycles. The van der Waals surface area contributed by atoms with Gasteiger partial charge in [0.1, 0.15) is 22.8 Å². The minimum Gasteiger partial charge on any atom is -0.508 e. The van der Waals surface area contributed by atoms with Gasteiger partial charge in [-0.1, -0.05) is 141 Å². The summed E-state index contributed by atoms with van der Waals surface area (Å²) in [6.07, 6.45) is 24.4. The number of benzene rings is 2. The Bertz CT molecular complexity index is 1230. The van der Waals surface area contributed by atoms with Crippen molar-refractivity contribution >= 4 is 11.8 Å². The highest BCUT2D eigenvalue weighted by Gasteiger charge is 2.43. The molecule has 2 aromatic rings. The molecule has 0 spiro atoms. The second-order valence-electron chi connectivity index (χ2n) is 13.2. The average molecular weight is 655 g/mol. The molecular weight excluding hydrogens is 596 g/mol. The predicted octanol–water partition coefficient (Wildman–Crippen LogP) is 10.3. The molecule has 2 atom stereocenters. The molecule has 0 fully saturated rings. The zero-order chi connectivity index (χ0) is 33.9. The van der Waals surface area contributed by atoms with E-state index in [1.165, 1.54) is 133 Å². The van der Waals surface area contributed by atoms with E-state index >= 15 is 0 Å². The minimum absolute atomic E-state index is 0.0679. The van der Waals surface area contributed by atoms with Crippen LogP contribution >= 0.6 is 0 Å². The average Bonchev–Trinajstić information content (AvgIpc) is 3.04. The van der Waals surface area contributed by atoms with Crippen molar-refractivity contribution in [2.45, 2.75) is 160 Å². The number of ketones is 1. The van der Waals surface area contributed by atoms with Crippen LogP contribution in [0, 0.1) is 0 Å².